The second-order valence-corrected chi connectivity index (χ2v) is 8.67. The summed E-state index contributed by atoms with van der Waals surface area (Å²) in [6.07, 6.45) is 4.01. The van der Waals surface area contributed by atoms with Gasteiger partial charge in [-0.05, 0) is 44.2 Å². The topological polar surface area (TPSA) is 87.5 Å². The van der Waals surface area contributed by atoms with Gasteiger partial charge in [0, 0.05) is 26.1 Å². The number of nitrogens with one attached hydrogen (secondary N) is 1. The molecule has 4 rings (SSSR count). The van der Waals surface area contributed by atoms with Crippen LogP contribution in [0.5, 0.6) is 11.9 Å². The van der Waals surface area contributed by atoms with Crippen molar-refractivity contribution in [2.24, 2.45) is 7.05 Å². The summed E-state index contributed by atoms with van der Waals surface area (Å²) in [5.41, 5.74) is 2.60. The molecule has 8 nitrogen and oxygen atoms in total. The summed E-state index contributed by atoms with van der Waals surface area (Å²) in [5, 5.41) is 2.85. The molecule has 0 unspecified atom stereocenters. The molecule has 1 aromatic carbocycles. The summed E-state index contributed by atoms with van der Waals surface area (Å²) in [6, 6.07) is 14.4. The Hall–Kier alpha value is -3.13. The van der Waals surface area contributed by atoms with E-state index in [1.54, 1.807) is 0 Å². The summed E-state index contributed by atoms with van der Waals surface area (Å²) in [6.45, 7) is 4.46. The minimum atomic E-state index is -0.0315. The molecule has 2 aromatic heterocycles. The molecule has 1 aliphatic carbocycles. The van der Waals surface area contributed by atoms with Crippen molar-refractivity contribution >= 4 is 17.1 Å². The highest BCUT2D eigenvalue weighted by Gasteiger charge is 2.24. The number of fused-ring (bicyclic) bond motifs is 1. The van der Waals surface area contributed by atoms with E-state index >= 15 is 0 Å². The normalized spacial score (nSPS) is 19.2. The maximum Gasteiger partial charge on any atom is 0.298 e. The minimum absolute atomic E-state index is 0.0212. The zero-order valence-electron chi connectivity index (χ0n) is 19.5. The average Bonchev–Trinajstić information content (AvgIpc) is 3.12. The lowest BCUT2D eigenvalue weighted by Crippen LogP contribution is -2.36. The van der Waals surface area contributed by atoms with Crippen LogP contribution in [0.1, 0.15) is 45.1 Å². The van der Waals surface area contributed by atoms with Gasteiger partial charge >= 0.3 is 0 Å². The molecule has 1 N–H and O–H groups in total. The molecule has 176 valence electrons. The molecule has 1 fully saturated rings. The number of hydrogen-bond acceptors (Lipinski definition) is 6. The first kappa shape index (κ1) is 23.0. The van der Waals surface area contributed by atoms with Crippen molar-refractivity contribution in [3.63, 3.8) is 0 Å². The number of carbonyl (C=O) groups excluding carboxylic acids is 1. The van der Waals surface area contributed by atoms with E-state index in [0.29, 0.717) is 25.1 Å². The SMILES string of the molecule is CC(=O)N[C@@H](C)COC1CCC(Oc2ccc3nc(OCc4ccccc4)n(C)c3n2)CC1. The van der Waals surface area contributed by atoms with Crippen molar-refractivity contribution in [1.29, 1.82) is 0 Å². The number of aromatic nitrogens is 3. The second kappa shape index (κ2) is 10.7. The smallest absolute Gasteiger partial charge is 0.298 e. The molecule has 0 aliphatic heterocycles. The number of pyridine rings is 1. The van der Waals surface area contributed by atoms with Gasteiger partial charge < -0.3 is 19.5 Å². The van der Waals surface area contributed by atoms with Crippen LogP contribution in [-0.4, -0.2) is 45.3 Å². The molecule has 0 saturated heterocycles. The first-order chi connectivity index (χ1) is 16.0. The molecular formula is C25H32N4O4. The number of hydrogen-bond donors (Lipinski definition) is 1. The van der Waals surface area contributed by atoms with Crippen molar-refractivity contribution in [1.82, 2.24) is 19.9 Å². The maximum absolute atomic E-state index is 11.1. The van der Waals surface area contributed by atoms with Gasteiger partial charge in [0.05, 0.1) is 12.7 Å². The average molecular weight is 453 g/mol. The van der Waals surface area contributed by atoms with Crippen LogP contribution in [0.15, 0.2) is 42.5 Å². The number of imidazole rings is 1. The van der Waals surface area contributed by atoms with Crippen molar-refractivity contribution in [3.8, 4) is 11.9 Å². The highest BCUT2D eigenvalue weighted by molar-refractivity contribution is 5.73. The Morgan fingerprint density at radius 1 is 1.09 bits per heavy atom. The van der Waals surface area contributed by atoms with E-state index in [0.717, 1.165) is 42.4 Å². The van der Waals surface area contributed by atoms with Crippen LogP contribution >= 0.6 is 0 Å². The van der Waals surface area contributed by atoms with Crippen molar-refractivity contribution < 1.29 is 19.0 Å². The number of carbonyl (C=O) groups is 1. The monoisotopic (exact) mass is 452 g/mol. The molecule has 0 bridgehead atoms. The van der Waals surface area contributed by atoms with E-state index in [4.69, 9.17) is 14.2 Å². The van der Waals surface area contributed by atoms with Crippen LogP contribution in [0.25, 0.3) is 11.2 Å². The molecule has 1 atom stereocenters. The molecule has 3 aromatic rings. The number of rotatable bonds is 9. The van der Waals surface area contributed by atoms with Crippen LogP contribution in [-0.2, 0) is 23.2 Å². The standard InChI is InChI=1S/C25H32N4O4/c1-17(26-18(2)30)15-31-20-9-11-21(12-10-20)33-23-14-13-22-24(28-23)29(3)25(27-22)32-16-19-7-5-4-6-8-19/h4-8,13-14,17,20-21H,9-12,15-16H2,1-3H3,(H,26,30)/t17-,20?,21?/m0/s1. The zero-order chi connectivity index (χ0) is 23.2. The summed E-state index contributed by atoms with van der Waals surface area (Å²) in [4.78, 5) is 20.4. The third kappa shape index (κ3) is 6.22. The fourth-order valence-corrected chi connectivity index (χ4v) is 4.10. The largest absolute Gasteiger partial charge is 0.474 e. The first-order valence-corrected chi connectivity index (χ1v) is 11.5. The Kier molecular flexibility index (Phi) is 7.44. The van der Waals surface area contributed by atoms with Gasteiger partial charge in [-0.15, -0.1) is 0 Å². The van der Waals surface area contributed by atoms with E-state index in [-0.39, 0.29) is 24.2 Å². The highest BCUT2D eigenvalue weighted by Crippen LogP contribution is 2.27. The fourth-order valence-electron chi connectivity index (χ4n) is 4.10. The Labute approximate surface area is 194 Å². The summed E-state index contributed by atoms with van der Waals surface area (Å²) in [5.74, 6) is 0.569. The third-order valence-corrected chi connectivity index (χ3v) is 5.80. The molecule has 1 aliphatic rings. The Balaban J connectivity index is 1.29. The number of benzene rings is 1. The van der Waals surface area contributed by atoms with E-state index in [2.05, 4.69) is 15.3 Å². The lowest BCUT2D eigenvalue weighted by Gasteiger charge is -2.29. The Morgan fingerprint density at radius 2 is 1.82 bits per heavy atom. The lowest BCUT2D eigenvalue weighted by molar-refractivity contribution is -0.120. The van der Waals surface area contributed by atoms with Crippen LogP contribution in [0, 0.1) is 0 Å². The van der Waals surface area contributed by atoms with E-state index in [1.807, 2.05) is 61.0 Å². The Bertz CT molecular complexity index is 1060. The number of amides is 1. The third-order valence-electron chi connectivity index (χ3n) is 5.80. The van der Waals surface area contributed by atoms with Crippen LogP contribution < -0.4 is 14.8 Å². The van der Waals surface area contributed by atoms with Gasteiger partial charge in [0.1, 0.15) is 18.2 Å². The fraction of sp³-hybridized carbons (Fsp3) is 0.480. The molecule has 0 radical (unpaired) electrons. The molecule has 2 heterocycles. The number of ether oxygens (including phenoxy) is 3. The predicted octanol–water partition coefficient (Wildman–Crippen LogP) is 3.78. The summed E-state index contributed by atoms with van der Waals surface area (Å²) < 4.78 is 19.9. The zero-order valence-corrected chi connectivity index (χ0v) is 19.5. The maximum atomic E-state index is 11.1. The van der Waals surface area contributed by atoms with E-state index in [9.17, 15) is 4.79 Å². The molecule has 0 spiro atoms. The van der Waals surface area contributed by atoms with Crippen molar-refractivity contribution in [2.75, 3.05) is 6.61 Å². The number of aryl methyl sites for hydroxylation is 1. The second-order valence-electron chi connectivity index (χ2n) is 8.67. The number of nitrogens with zero attached hydrogens (tertiary/aromatic N) is 3. The first-order valence-electron chi connectivity index (χ1n) is 11.5. The van der Waals surface area contributed by atoms with E-state index in [1.165, 1.54) is 6.92 Å². The lowest BCUT2D eigenvalue weighted by atomic mass is 9.95. The molecule has 1 saturated carbocycles. The van der Waals surface area contributed by atoms with Crippen molar-refractivity contribution in [3.05, 3.63) is 48.0 Å². The van der Waals surface area contributed by atoms with Gasteiger partial charge in [0.25, 0.3) is 6.01 Å². The molecule has 1 amide bonds. The van der Waals surface area contributed by atoms with Crippen LogP contribution in [0.2, 0.25) is 0 Å². The van der Waals surface area contributed by atoms with Gasteiger partial charge in [-0.2, -0.15) is 9.97 Å². The van der Waals surface area contributed by atoms with Crippen molar-refractivity contribution in [2.45, 2.75) is 64.4 Å². The van der Waals surface area contributed by atoms with Gasteiger partial charge in [0.15, 0.2) is 5.65 Å². The minimum Gasteiger partial charge on any atom is -0.474 e. The molecule has 33 heavy (non-hydrogen) atoms. The van der Waals surface area contributed by atoms with Gasteiger partial charge in [-0.3, -0.25) is 9.36 Å². The summed E-state index contributed by atoms with van der Waals surface area (Å²) >= 11 is 0. The van der Waals surface area contributed by atoms with Crippen LogP contribution in [0.3, 0.4) is 0 Å². The molecular weight excluding hydrogens is 420 g/mol. The van der Waals surface area contributed by atoms with Gasteiger partial charge in [-0.25, -0.2) is 0 Å². The predicted molar refractivity (Wildman–Crippen MR) is 125 cm³/mol. The molecule has 8 heteroatoms. The Morgan fingerprint density at radius 3 is 2.55 bits per heavy atom. The highest BCUT2D eigenvalue weighted by atomic mass is 16.5. The quantitative estimate of drug-likeness (QED) is 0.532. The van der Waals surface area contributed by atoms with Crippen LogP contribution in [0.4, 0.5) is 0 Å². The van der Waals surface area contributed by atoms with E-state index < -0.39 is 0 Å². The van der Waals surface area contributed by atoms with Gasteiger partial charge in [-0.1, -0.05) is 30.3 Å². The summed E-state index contributed by atoms with van der Waals surface area (Å²) in [7, 11) is 1.90. The van der Waals surface area contributed by atoms with Gasteiger partial charge in [0.2, 0.25) is 11.8 Å².